The highest BCUT2D eigenvalue weighted by molar-refractivity contribution is 5.88. The smallest absolute Gasteiger partial charge is 0.407 e. The zero-order chi connectivity index (χ0) is 38.7. The summed E-state index contributed by atoms with van der Waals surface area (Å²) < 4.78 is 9.73. The number of alkyl carbamates (subject to hydrolysis) is 1. The predicted octanol–water partition coefficient (Wildman–Crippen LogP) is 3.80. The molecule has 16 heteroatoms. The third-order valence-electron chi connectivity index (χ3n) is 10.3. The molecule has 4 aromatic rings. The predicted molar refractivity (Wildman–Crippen MR) is 196 cm³/mol. The highest BCUT2D eigenvalue weighted by Crippen LogP contribution is 2.36. The van der Waals surface area contributed by atoms with E-state index in [1.54, 1.807) is 22.2 Å². The first-order valence-electron chi connectivity index (χ1n) is 17.9. The number of nitrogens with zero attached hydrogens (tertiary/aromatic N) is 4. The van der Waals surface area contributed by atoms with E-state index in [0.29, 0.717) is 37.6 Å². The van der Waals surface area contributed by atoms with Gasteiger partial charge in [-0.3, -0.25) is 9.59 Å². The van der Waals surface area contributed by atoms with Crippen LogP contribution in [0.25, 0.3) is 33.6 Å². The van der Waals surface area contributed by atoms with Gasteiger partial charge in [0.25, 0.3) is 5.91 Å². The highest BCUT2D eigenvalue weighted by atomic mass is 16.6. The molecule has 2 aromatic carbocycles. The van der Waals surface area contributed by atoms with E-state index in [9.17, 15) is 29.4 Å². The van der Waals surface area contributed by atoms with E-state index in [-0.39, 0.29) is 12.1 Å². The molecule has 2 aromatic heterocycles. The number of aliphatic hydroxyl groups is 2. The molecule has 0 radical (unpaired) electrons. The number of aromatic nitrogens is 4. The van der Waals surface area contributed by atoms with Gasteiger partial charge in [0.15, 0.2) is 0 Å². The maximum Gasteiger partial charge on any atom is 0.407 e. The van der Waals surface area contributed by atoms with E-state index < -0.39 is 47.9 Å². The molecule has 2 fully saturated rings. The number of nitrogens with one attached hydrogen (secondary N) is 3. The van der Waals surface area contributed by atoms with Gasteiger partial charge >= 0.3 is 12.2 Å². The number of benzene rings is 2. The zero-order valence-electron chi connectivity index (χ0n) is 30.6. The molecule has 2 aliphatic heterocycles. The van der Waals surface area contributed by atoms with Crippen LogP contribution in [0.1, 0.15) is 70.2 Å². The first kappa shape index (κ1) is 38.0. The van der Waals surface area contributed by atoms with Gasteiger partial charge in [-0.25, -0.2) is 19.6 Å². The summed E-state index contributed by atoms with van der Waals surface area (Å²) in [4.78, 5) is 69.3. The lowest BCUT2D eigenvalue weighted by Crippen LogP contribution is -2.56. The highest BCUT2D eigenvalue weighted by Gasteiger charge is 2.48. The van der Waals surface area contributed by atoms with Crippen LogP contribution in [0, 0.1) is 0 Å². The van der Waals surface area contributed by atoms with Crippen molar-refractivity contribution < 1.29 is 38.9 Å². The Kier molecular flexibility index (Phi) is 11.0. The average molecular weight is 743 g/mol. The first-order valence-corrected chi connectivity index (χ1v) is 17.9. The number of carbonyl (C=O) groups is 4. The molecule has 2 aliphatic rings. The first-order chi connectivity index (χ1) is 25.8. The van der Waals surface area contributed by atoms with Crippen molar-refractivity contribution in [3.8, 4) is 33.6 Å². The lowest BCUT2D eigenvalue weighted by atomic mass is 9.97. The Hall–Kier alpha value is -5.74. The Morgan fingerprint density at radius 1 is 0.833 bits per heavy atom. The van der Waals surface area contributed by atoms with Crippen molar-refractivity contribution >= 4 is 24.0 Å². The maximum atomic E-state index is 13.5. The fourth-order valence-corrected chi connectivity index (χ4v) is 7.15. The molecule has 4 heterocycles. The van der Waals surface area contributed by atoms with E-state index >= 15 is 0 Å². The number of aromatic amines is 2. The third-order valence-corrected chi connectivity index (χ3v) is 10.3. The van der Waals surface area contributed by atoms with Crippen LogP contribution in [-0.4, -0.2) is 108 Å². The van der Waals surface area contributed by atoms with E-state index in [2.05, 4.69) is 30.0 Å². The summed E-state index contributed by atoms with van der Waals surface area (Å²) in [6.45, 7) is 5.08. The second kappa shape index (κ2) is 15.7. The molecule has 54 heavy (non-hydrogen) atoms. The normalized spacial score (nSPS) is 19.8. The minimum atomic E-state index is -1.82. The number of rotatable bonds is 11. The number of likely N-dealkylation sites (tertiary alicyclic amines) is 2. The van der Waals surface area contributed by atoms with Crippen molar-refractivity contribution in [1.82, 2.24) is 35.1 Å². The molecule has 2 saturated heterocycles. The Morgan fingerprint density at radius 2 is 1.30 bits per heavy atom. The molecule has 6 rings (SSSR count). The van der Waals surface area contributed by atoms with Crippen LogP contribution in [0.4, 0.5) is 9.59 Å². The number of hydrogen-bond donors (Lipinski definition) is 6. The quantitative estimate of drug-likeness (QED) is 0.130. The second-order valence-electron chi connectivity index (χ2n) is 13.9. The molecule has 0 spiro atoms. The van der Waals surface area contributed by atoms with E-state index in [0.717, 1.165) is 46.5 Å². The van der Waals surface area contributed by atoms with Gasteiger partial charge in [-0.1, -0.05) is 48.5 Å². The van der Waals surface area contributed by atoms with Crippen LogP contribution in [0.2, 0.25) is 0 Å². The average Bonchev–Trinajstić information content (AvgIpc) is 3.99. The van der Waals surface area contributed by atoms with Crippen LogP contribution in [0.5, 0.6) is 0 Å². The van der Waals surface area contributed by atoms with Gasteiger partial charge in [-0.2, -0.15) is 0 Å². The molecule has 7 N–H and O–H groups in total. The van der Waals surface area contributed by atoms with Crippen molar-refractivity contribution in [1.29, 1.82) is 0 Å². The number of H-pyrrole nitrogens is 2. The van der Waals surface area contributed by atoms with Gasteiger partial charge in [0.1, 0.15) is 17.7 Å². The number of aliphatic hydroxyl groups excluding tert-OH is 2. The minimum Gasteiger partial charge on any atom is -0.453 e. The SMILES string of the molecule is COC(=O)N[C@H](C(=O)N1CCC[C@H]1c1ncc(-c2ccc(-c3ccc(-c4cnc([C@@H]5CCCN5C(=O)[C@@](C)(OC(N)=O)[C@H](C)O)[nH]4)cc3)cc2)[nH]1)[C@H](C)O. The molecule has 286 valence electrons. The van der Waals surface area contributed by atoms with Gasteiger partial charge in [-0.05, 0) is 68.7 Å². The third kappa shape index (κ3) is 7.66. The van der Waals surface area contributed by atoms with E-state index in [1.165, 1.54) is 27.9 Å². The molecular weight excluding hydrogens is 696 g/mol. The molecule has 4 amide bonds. The van der Waals surface area contributed by atoms with Crippen LogP contribution in [-0.2, 0) is 19.1 Å². The van der Waals surface area contributed by atoms with Crippen molar-refractivity contribution in [3.63, 3.8) is 0 Å². The largest absolute Gasteiger partial charge is 0.453 e. The molecule has 16 nitrogen and oxygen atoms in total. The lowest BCUT2D eigenvalue weighted by Gasteiger charge is -2.35. The Balaban J connectivity index is 1.12. The standard InChI is InChI=1S/C38H46N8O8/c1-21(47)31(44-37(52)53-4)34(49)45-17-5-7-29(45)32-40-19-27(42-32)25-13-9-23(10-14-25)24-11-15-26(16-12-24)28-20-41-33(43-28)30-8-6-18-46(30)35(50)38(3,22(2)48)54-36(39)51/h9-16,19-22,29-31,47-48H,5-8,17-18H2,1-4H3,(H2,39,51)(H,40,42)(H,41,43)(H,44,52)/t21-,22-,29-,30-,31-,38-/m0/s1. The number of ether oxygens (including phenoxy) is 2. The molecule has 0 unspecified atom stereocenters. The van der Waals surface area contributed by atoms with Crippen LogP contribution in [0.15, 0.2) is 60.9 Å². The van der Waals surface area contributed by atoms with Crippen LogP contribution >= 0.6 is 0 Å². The zero-order valence-corrected chi connectivity index (χ0v) is 30.6. The van der Waals surface area contributed by atoms with Gasteiger partial charge in [-0.15, -0.1) is 0 Å². The molecule has 0 saturated carbocycles. The summed E-state index contributed by atoms with van der Waals surface area (Å²) in [6.07, 6.45) is 1.95. The van der Waals surface area contributed by atoms with Gasteiger partial charge in [0, 0.05) is 13.1 Å². The van der Waals surface area contributed by atoms with Crippen LogP contribution < -0.4 is 11.1 Å². The molecule has 0 aliphatic carbocycles. The summed E-state index contributed by atoms with van der Waals surface area (Å²) in [6, 6.07) is 14.2. The summed E-state index contributed by atoms with van der Waals surface area (Å²) in [5, 5.41) is 22.9. The fraction of sp³-hybridized carbons (Fsp3) is 0.421. The Morgan fingerprint density at radius 3 is 1.74 bits per heavy atom. The molecule has 0 bridgehead atoms. The fourth-order valence-electron chi connectivity index (χ4n) is 7.15. The van der Waals surface area contributed by atoms with E-state index in [1.807, 2.05) is 48.5 Å². The van der Waals surface area contributed by atoms with Gasteiger partial charge < -0.3 is 50.5 Å². The van der Waals surface area contributed by atoms with Gasteiger partial charge in [0.05, 0.1) is 55.2 Å². The summed E-state index contributed by atoms with van der Waals surface area (Å²) in [5.74, 6) is 0.283. The monoisotopic (exact) mass is 742 g/mol. The number of primary amides is 1. The number of nitrogens with two attached hydrogens (primary N) is 1. The second-order valence-corrected chi connectivity index (χ2v) is 13.9. The number of hydrogen-bond acceptors (Lipinski definition) is 10. The number of imidazole rings is 2. The van der Waals surface area contributed by atoms with Crippen molar-refractivity contribution in [2.24, 2.45) is 5.73 Å². The van der Waals surface area contributed by atoms with Crippen molar-refractivity contribution in [2.75, 3.05) is 20.2 Å². The summed E-state index contributed by atoms with van der Waals surface area (Å²) >= 11 is 0. The van der Waals surface area contributed by atoms with Crippen molar-refractivity contribution in [2.45, 2.75) is 82.4 Å². The minimum absolute atomic E-state index is 0.330. The topological polar surface area (TPSA) is 229 Å². The van der Waals surface area contributed by atoms with Crippen LogP contribution in [0.3, 0.4) is 0 Å². The summed E-state index contributed by atoms with van der Waals surface area (Å²) in [7, 11) is 1.20. The van der Waals surface area contributed by atoms with E-state index in [4.69, 9.17) is 10.5 Å². The Labute approximate surface area is 312 Å². The molecular formula is C38H46N8O8. The lowest BCUT2D eigenvalue weighted by molar-refractivity contribution is -0.161. The van der Waals surface area contributed by atoms with Crippen molar-refractivity contribution in [3.05, 3.63) is 72.6 Å². The number of amides is 4. The maximum absolute atomic E-state index is 13.5. The Bertz CT molecular complexity index is 1970. The summed E-state index contributed by atoms with van der Waals surface area (Å²) in [5.41, 5.74) is 8.78. The molecule has 6 atom stereocenters. The number of methoxy groups -OCH3 is 1. The number of carbonyl (C=O) groups excluding carboxylic acids is 4. The van der Waals surface area contributed by atoms with Gasteiger partial charge in [0.2, 0.25) is 11.5 Å².